The number of carbonyl (C=O) groups is 2. The molecule has 12 heteroatoms. The number of aryl methyl sites for hydroxylation is 1. The van der Waals surface area contributed by atoms with Crippen LogP contribution in [0.2, 0.25) is 12.6 Å². The van der Waals surface area contributed by atoms with Crippen LogP contribution in [0.15, 0.2) is 66.8 Å². The van der Waals surface area contributed by atoms with Gasteiger partial charge in [0, 0.05) is 23.8 Å². The summed E-state index contributed by atoms with van der Waals surface area (Å²) in [5.74, 6) is -0.249. The number of rotatable bonds is 21. The molecule has 0 amide bonds. The monoisotopic (exact) mass is 596 g/mol. The molecular formula is C31H42B2O10. The van der Waals surface area contributed by atoms with Crippen molar-refractivity contribution >= 4 is 26.2 Å². The number of unbranched alkanes of at least 4 members (excludes halogenated alkanes) is 4. The van der Waals surface area contributed by atoms with Gasteiger partial charge in [0.05, 0.1) is 0 Å². The summed E-state index contributed by atoms with van der Waals surface area (Å²) >= 11 is 0. The molecule has 4 N–H and O–H groups in total. The van der Waals surface area contributed by atoms with Gasteiger partial charge in [-0.2, -0.15) is 0 Å². The maximum Gasteiger partial charge on any atom is 0.456 e. The molecule has 0 saturated heterocycles. The second-order valence-electron chi connectivity index (χ2n) is 10.1. The molecule has 0 unspecified atom stereocenters. The number of benzene rings is 2. The standard InChI is InChI=1S/C31H42B2O10/c1-4-5-6-7-8-10-25-13-14-28(41-16-18-43-31(35)24(3)22-33(38)39)20-29(25)26-11-9-12-27(19-26)40-15-17-42-30(34)23(2)21-32(36)37/h9,11-14,19-20,36-39H,2-8,10,15-18,21-22H2,1H3. The minimum atomic E-state index is -1.67. The van der Waals surface area contributed by atoms with Crippen molar-refractivity contribution < 1.29 is 48.6 Å². The van der Waals surface area contributed by atoms with Crippen LogP contribution >= 0.6 is 0 Å². The summed E-state index contributed by atoms with van der Waals surface area (Å²) < 4.78 is 21.8. The Morgan fingerprint density at radius 3 is 1.84 bits per heavy atom. The first-order valence-corrected chi connectivity index (χ1v) is 14.5. The fraction of sp³-hybridized carbons (Fsp3) is 0.419. The average Bonchev–Trinajstić information content (AvgIpc) is 2.97. The topological polar surface area (TPSA) is 152 Å². The predicted octanol–water partition coefficient (Wildman–Crippen LogP) is 3.77. The van der Waals surface area contributed by atoms with E-state index in [1.54, 1.807) is 6.07 Å². The van der Waals surface area contributed by atoms with Gasteiger partial charge in [0.1, 0.15) is 37.9 Å². The first-order valence-electron chi connectivity index (χ1n) is 14.5. The molecule has 2 aromatic rings. The molecule has 0 heterocycles. The Kier molecular flexibility index (Phi) is 16.2. The fourth-order valence-electron chi connectivity index (χ4n) is 4.20. The summed E-state index contributed by atoms with van der Waals surface area (Å²) in [5.41, 5.74) is 2.98. The van der Waals surface area contributed by atoms with E-state index in [0.717, 1.165) is 36.0 Å². The van der Waals surface area contributed by atoms with E-state index >= 15 is 0 Å². The summed E-state index contributed by atoms with van der Waals surface area (Å²) in [4.78, 5) is 23.8. The second-order valence-corrected chi connectivity index (χ2v) is 10.1. The van der Waals surface area contributed by atoms with E-state index in [1.165, 1.54) is 19.3 Å². The van der Waals surface area contributed by atoms with E-state index in [2.05, 4.69) is 20.1 Å². The van der Waals surface area contributed by atoms with E-state index in [0.29, 0.717) is 11.5 Å². The lowest BCUT2D eigenvalue weighted by Crippen LogP contribution is -2.18. The van der Waals surface area contributed by atoms with Gasteiger partial charge < -0.3 is 39.0 Å². The van der Waals surface area contributed by atoms with Crippen LogP contribution in [0.3, 0.4) is 0 Å². The molecule has 0 spiro atoms. The third-order valence-corrected chi connectivity index (χ3v) is 6.38. The lowest BCUT2D eigenvalue weighted by molar-refractivity contribution is -0.140. The number of esters is 2. The summed E-state index contributed by atoms with van der Waals surface area (Å²) in [6.45, 7) is 9.30. The minimum absolute atomic E-state index is 0.0320. The molecule has 43 heavy (non-hydrogen) atoms. The Hall–Kier alpha value is -3.57. The van der Waals surface area contributed by atoms with Gasteiger partial charge in [0.2, 0.25) is 0 Å². The zero-order chi connectivity index (χ0) is 31.6. The van der Waals surface area contributed by atoms with E-state index < -0.39 is 26.2 Å². The highest BCUT2D eigenvalue weighted by Gasteiger charge is 2.17. The Morgan fingerprint density at radius 1 is 0.721 bits per heavy atom. The van der Waals surface area contributed by atoms with Crippen LogP contribution in [-0.4, -0.2) is 72.7 Å². The SMILES string of the molecule is C=C(CB(O)O)C(=O)OCCOc1cccc(-c2cc(OCCOC(=O)C(=C)CB(O)O)ccc2CCCCCCC)c1. The van der Waals surface area contributed by atoms with E-state index in [1.807, 2.05) is 36.4 Å². The van der Waals surface area contributed by atoms with Crippen molar-refractivity contribution in [2.75, 3.05) is 26.4 Å². The van der Waals surface area contributed by atoms with Crippen molar-refractivity contribution in [3.05, 3.63) is 72.3 Å². The van der Waals surface area contributed by atoms with Gasteiger partial charge in [0.15, 0.2) is 0 Å². The van der Waals surface area contributed by atoms with Gasteiger partial charge in [-0.15, -0.1) is 0 Å². The molecule has 0 radical (unpaired) electrons. The predicted molar refractivity (Wildman–Crippen MR) is 166 cm³/mol. The number of hydrogen-bond acceptors (Lipinski definition) is 10. The Bertz CT molecular complexity index is 1200. The van der Waals surface area contributed by atoms with Crippen molar-refractivity contribution in [2.24, 2.45) is 0 Å². The van der Waals surface area contributed by atoms with Gasteiger partial charge in [-0.25, -0.2) is 9.59 Å². The molecule has 0 fully saturated rings. The second kappa shape index (κ2) is 19.6. The maximum absolute atomic E-state index is 11.9. The normalized spacial score (nSPS) is 10.5. The molecule has 0 aliphatic carbocycles. The summed E-state index contributed by atoms with van der Waals surface area (Å²) in [6.07, 6.45) is 6.09. The van der Waals surface area contributed by atoms with Crippen molar-refractivity contribution in [1.29, 1.82) is 0 Å². The first-order chi connectivity index (χ1) is 20.6. The van der Waals surface area contributed by atoms with Crippen molar-refractivity contribution in [1.82, 2.24) is 0 Å². The van der Waals surface area contributed by atoms with Crippen LogP contribution in [0.25, 0.3) is 11.1 Å². The van der Waals surface area contributed by atoms with Crippen LogP contribution in [0.5, 0.6) is 11.5 Å². The highest BCUT2D eigenvalue weighted by atomic mass is 16.6. The van der Waals surface area contributed by atoms with Crippen LogP contribution in [0.1, 0.15) is 44.6 Å². The zero-order valence-electron chi connectivity index (χ0n) is 24.8. The number of ether oxygens (including phenoxy) is 4. The first kappa shape index (κ1) is 35.6. The molecule has 0 bridgehead atoms. The molecule has 0 aliphatic heterocycles. The van der Waals surface area contributed by atoms with Crippen LogP contribution in [-0.2, 0) is 25.5 Å². The quantitative estimate of drug-likeness (QED) is 0.0726. The van der Waals surface area contributed by atoms with E-state index in [-0.39, 0.29) is 50.2 Å². The lowest BCUT2D eigenvalue weighted by atomic mass is 9.82. The molecule has 0 atom stereocenters. The highest BCUT2D eigenvalue weighted by Crippen LogP contribution is 2.32. The van der Waals surface area contributed by atoms with Gasteiger partial charge in [-0.1, -0.05) is 64.0 Å². The Balaban J connectivity index is 2.05. The summed E-state index contributed by atoms with van der Waals surface area (Å²) in [7, 11) is -3.33. The van der Waals surface area contributed by atoms with Crippen LogP contribution < -0.4 is 9.47 Å². The zero-order valence-corrected chi connectivity index (χ0v) is 24.8. The van der Waals surface area contributed by atoms with E-state index in [9.17, 15) is 9.59 Å². The molecular weight excluding hydrogens is 554 g/mol. The summed E-state index contributed by atoms with van der Waals surface area (Å²) in [6, 6.07) is 13.4. The molecule has 0 aliphatic rings. The largest absolute Gasteiger partial charge is 0.490 e. The average molecular weight is 596 g/mol. The smallest absolute Gasteiger partial charge is 0.456 e. The lowest BCUT2D eigenvalue weighted by Gasteiger charge is -2.15. The van der Waals surface area contributed by atoms with E-state index in [4.69, 9.17) is 39.0 Å². The molecule has 2 aromatic carbocycles. The number of hydrogen-bond donors (Lipinski definition) is 4. The fourth-order valence-corrected chi connectivity index (χ4v) is 4.20. The van der Waals surface area contributed by atoms with Gasteiger partial charge in [-0.05, 0) is 53.8 Å². The van der Waals surface area contributed by atoms with Gasteiger partial charge >= 0.3 is 26.2 Å². The number of carbonyl (C=O) groups excluding carboxylic acids is 2. The van der Waals surface area contributed by atoms with Crippen molar-refractivity contribution in [3.63, 3.8) is 0 Å². The third-order valence-electron chi connectivity index (χ3n) is 6.38. The summed E-state index contributed by atoms with van der Waals surface area (Å²) in [5, 5.41) is 35.9. The molecule has 232 valence electrons. The Labute approximate surface area is 254 Å². The van der Waals surface area contributed by atoms with Crippen LogP contribution in [0, 0.1) is 0 Å². The minimum Gasteiger partial charge on any atom is -0.490 e. The van der Waals surface area contributed by atoms with Crippen molar-refractivity contribution in [2.45, 2.75) is 58.1 Å². The molecule has 2 rings (SSSR count). The van der Waals surface area contributed by atoms with Gasteiger partial charge in [-0.3, -0.25) is 0 Å². The highest BCUT2D eigenvalue weighted by molar-refractivity contribution is 6.43. The molecule has 0 saturated carbocycles. The molecule has 0 aromatic heterocycles. The Morgan fingerprint density at radius 2 is 1.28 bits per heavy atom. The third kappa shape index (κ3) is 14.0. The van der Waals surface area contributed by atoms with Crippen LogP contribution in [0.4, 0.5) is 0 Å². The maximum atomic E-state index is 11.9. The molecule has 10 nitrogen and oxygen atoms in total. The van der Waals surface area contributed by atoms with Crippen molar-refractivity contribution in [3.8, 4) is 22.6 Å². The van der Waals surface area contributed by atoms with Gasteiger partial charge in [0.25, 0.3) is 0 Å².